The lowest BCUT2D eigenvalue weighted by Gasteiger charge is -2.28. The fourth-order valence-corrected chi connectivity index (χ4v) is 3.30. The SMILES string of the molecule is CCCNC(C)c1cc(Br)ccc1N1CCCN(C)CC1. The summed E-state index contributed by atoms with van der Waals surface area (Å²) in [6.45, 7) is 10.2. The van der Waals surface area contributed by atoms with E-state index in [4.69, 9.17) is 0 Å². The lowest BCUT2D eigenvalue weighted by molar-refractivity contribution is 0.360. The summed E-state index contributed by atoms with van der Waals surface area (Å²) in [6.07, 6.45) is 2.41. The minimum Gasteiger partial charge on any atom is -0.370 e. The van der Waals surface area contributed by atoms with Gasteiger partial charge in [-0.1, -0.05) is 22.9 Å². The highest BCUT2D eigenvalue weighted by Crippen LogP contribution is 2.30. The first-order chi connectivity index (χ1) is 10.1. The van der Waals surface area contributed by atoms with Gasteiger partial charge in [0.15, 0.2) is 0 Å². The molecule has 1 N–H and O–H groups in total. The topological polar surface area (TPSA) is 18.5 Å². The molecular formula is C17H28BrN3. The molecule has 0 aromatic heterocycles. The second kappa shape index (κ2) is 8.16. The molecule has 1 fully saturated rings. The Labute approximate surface area is 137 Å². The zero-order chi connectivity index (χ0) is 15.2. The maximum absolute atomic E-state index is 3.63. The summed E-state index contributed by atoms with van der Waals surface area (Å²) in [5.41, 5.74) is 2.80. The highest BCUT2D eigenvalue weighted by molar-refractivity contribution is 9.10. The van der Waals surface area contributed by atoms with Gasteiger partial charge in [0, 0.05) is 35.8 Å². The zero-order valence-electron chi connectivity index (χ0n) is 13.5. The molecule has 1 aliphatic rings. The van der Waals surface area contributed by atoms with Crippen LogP contribution in [0.3, 0.4) is 0 Å². The molecule has 0 aliphatic carbocycles. The lowest BCUT2D eigenvalue weighted by Crippen LogP contribution is -2.30. The van der Waals surface area contributed by atoms with Crippen molar-refractivity contribution < 1.29 is 0 Å². The van der Waals surface area contributed by atoms with Crippen LogP contribution in [-0.4, -0.2) is 44.7 Å². The van der Waals surface area contributed by atoms with Gasteiger partial charge in [0.1, 0.15) is 0 Å². The molecule has 1 unspecified atom stereocenters. The molecule has 118 valence electrons. The number of anilines is 1. The Kier molecular flexibility index (Phi) is 6.52. The van der Waals surface area contributed by atoms with Crippen molar-refractivity contribution in [1.82, 2.24) is 10.2 Å². The van der Waals surface area contributed by atoms with Crippen LogP contribution in [0, 0.1) is 0 Å². The quantitative estimate of drug-likeness (QED) is 0.871. The molecule has 1 aliphatic heterocycles. The third-order valence-corrected chi connectivity index (χ3v) is 4.71. The van der Waals surface area contributed by atoms with Crippen molar-refractivity contribution in [1.29, 1.82) is 0 Å². The molecule has 4 heteroatoms. The van der Waals surface area contributed by atoms with Gasteiger partial charge in [-0.05, 0) is 63.7 Å². The Bertz CT molecular complexity index is 450. The number of hydrogen-bond acceptors (Lipinski definition) is 3. The van der Waals surface area contributed by atoms with Gasteiger partial charge in [-0.25, -0.2) is 0 Å². The largest absolute Gasteiger partial charge is 0.370 e. The van der Waals surface area contributed by atoms with Crippen LogP contribution in [0.4, 0.5) is 5.69 Å². The van der Waals surface area contributed by atoms with Crippen molar-refractivity contribution >= 4 is 21.6 Å². The first-order valence-corrected chi connectivity index (χ1v) is 8.87. The van der Waals surface area contributed by atoms with Gasteiger partial charge < -0.3 is 15.1 Å². The fraction of sp³-hybridized carbons (Fsp3) is 0.647. The van der Waals surface area contributed by atoms with Gasteiger partial charge in [-0.15, -0.1) is 0 Å². The Morgan fingerprint density at radius 3 is 2.81 bits per heavy atom. The van der Waals surface area contributed by atoms with E-state index in [9.17, 15) is 0 Å². The molecule has 0 saturated carbocycles. The molecule has 1 aromatic carbocycles. The fourth-order valence-electron chi connectivity index (χ4n) is 2.92. The third kappa shape index (κ3) is 4.70. The van der Waals surface area contributed by atoms with Gasteiger partial charge in [0.25, 0.3) is 0 Å². The molecule has 1 aromatic rings. The van der Waals surface area contributed by atoms with Crippen LogP contribution in [-0.2, 0) is 0 Å². The number of likely N-dealkylation sites (N-methyl/N-ethyl adjacent to an activating group) is 1. The normalized spacial score (nSPS) is 18.6. The molecule has 2 rings (SSSR count). The lowest BCUT2D eigenvalue weighted by atomic mass is 10.0. The first-order valence-electron chi connectivity index (χ1n) is 8.08. The Morgan fingerprint density at radius 2 is 2.05 bits per heavy atom. The van der Waals surface area contributed by atoms with Crippen LogP contribution in [0.2, 0.25) is 0 Å². The van der Waals surface area contributed by atoms with E-state index in [2.05, 4.69) is 70.1 Å². The monoisotopic (exact) mass is 353 g/mol. The van der Waals surface area contributed by atoms with Gasteiger partial charge in [-0.3, -0.25) is 0 Å². The molecule has 0 amide bonds. The first kappa shape index (κ1) is 16.8. The smallest absolute Gasteiger partial charge is 0.0415 e. The van der Waals surface area contributed by atoms with Crippen LogP contribution in [0.5, 0.6) is 0 Å². The Balaban J connectivity index is 2.21. The second-order valence-electron chi connectivity index (χ2n) is 6.02. The van der Waals surface area contributed by atoms with Crippen LogP contribution >= 0.6 is 15.9 Å². The van der Waals surface area contributed by atoms with Crippen molar-refractivity contribution in [2.45, 2.75) is 32.7 Å². The van der Waals surface area contributed by atoms with E-state index in [1.807, 2.05) is 0 Å². The van der Waals surface area contributed by atoms with Crippen LogP contribution in [0.1, 0.15) is 38.3 Å². The standard InChI is InChI=1S/C17H28BrN3/c1-4-8-19-14(2)16-13-15(18)6-7-17(16)21-10-5-9-20(3)11-12-21/h6-7,13-14,19H,4-5,8-12H2,1-3H3. The Morgan fingerprint density at radius 1 is 1.24 bits per heavy atom. The van der Waals surface area contributed by atoms with E-state index in [0.717, 1.165) is 26.2 Å². The van der Waals surface area contributed by atoms with Gasteiger partial charge in [-0.2, -0.15) is 0 Å². The molecule has 21 heavy (non-hydrogen) atoms. The molecular weight excluding hydrogens is 326 g/mol. The number of halogens is 1. The van der Waals surface area contributed by atoms with E-state index < -0.39 is 0 Å². The van der Waals surface area contributed by atoms with Crippen molar-refractivity contribution in [2.75, 3.05) is 44.7 Å². The van der Waals surface area contributed by atoms with Crippen molar-refractivity contribution in [3.05, 3.63) is 28.2 Å². The minimum atomic E-state index is 0.387. The van der Waals surface area contributed by atoms with Crippen LogP contribution < -0.4 is 10.2 Å². The predicted molar refractivity (Wildman–Crippen MR) is 95.2 cm³/mol. The van der Waals surface area contributed by atoms with E-state index in [1.165, 1.54) is 35.1 Å². The molecule has 1 atom stereocenters. The average molecular weight is 354 g/mol. The number of rotatable bonds is 5. The van der Waals surface area contributed by atoms with E-state index in [0.29, 0.717) is 6.04 Å². The summed E-state index contributed by atoms with van der Waals surface area (Å²) in [7, 11) is 2.22. The highest BCUT2D eigenvalue weighted by atomic mass is 79.9. The van der Waals surface area contributed by atoms with Crippen molar-refractivity contribution in [2.24, 2.45) is 0 Å². The van der Waals surface area contributed by atoms with Crippen molar-refractivity contribution in [3.8, 4) is 0 Å². The summed E-state index contributed by atoms with van der Waals surface area (Å²) in [4.78, 5) is 4.98. The van der Waals surface area contributed by atoms with Crippen LogP contribution in [0.15, 0.2) is 22.7 Å². The number of nitrogens with zero attached hydrogens (tertiary/aromatic N) is 2. The number of nitrogens with one attached hydrogen (secondary N) is 1. The maximum atomic E-state index is 3.63. The maximum Gasteiger partial charge on any atom is 0.0415 e. The molecule has 0 bridgehead atoms. The van der Waals surface area contributed by atoms with Crippen LogP contribution in [0.25, 0.3) is 0 Å². The van der Waals surface area contributed by atoms with E-state index >= 15 is 0 Å². The average Bonchev–Trinajstić information content (AvgIpc) is 2.69. The van der Waals surface area contributed by atoms with Gasteiger partial charge >= 0.3 is 0 Å². The molecule has 1 saturated heterocycles. The summed E-state index contributed by atoms with van der Waals surface area (Å²) in [5.74, 6) is 0. The van der Waals surface area contributed by atoms with Gasteiger partial charge in [0.05, 0.1) is 0 Å². The highest BCUT2D eigenvalue weighted by Gasteiger charge is 2.18. The summed E-state index contributed by atoms with van der Waals surface area (Å²) >= 11 is 3.63. The molecule has 3 nitrogen and oxygen atoms in total. The second-order valence-corrected chi connectivity index (χ2v) is 6.94. The minimum absolute atomic E-state index is 0.387. The summed E-state index contributed by atoms with van der Waals surface area (Å²) < 4.78 is 1.17. The summed E-state index contributed by atoms with van der Waals surface area (Å²) in [5, 5.41) is 3.62. The zero-order valence-corrected chi connectivity index (χ0v) is 15.1. The molecule has 1 heterocycles. The van der Waals surface area contributed by atoms with E-state index in [-0.39, 0.29) is 0 Å². The molecule has 0 radical (unpaired) electrons. The number of hydrogen-bond donors (Lipinski definition) is 1. The summed E-state index contributed by atoms with van der Waals surface area (Å²) in [6, 6.07) is 7.10. The Hall–Kier alpha value is -0.580. The van der Waals surface area contributed by atoms with E-state index in [1.54, 1.807) is 0 Å². The van der Waals surface area contributed by atoms with Gasteiger partial charge in [0.2, 0.25) is 0 Å². The number of benzene rings is 1. The third-order valence-electron chi connectivity index (χ3n) is 4.22. The van der Waals surface area contributed by atoms with Crippen molar-refractivity contribution in [3.63, 3.8) is 0 Å². The predicted octanol–water partition coefficient (Wildman–Crippen LogP) is 3.65. The molecule has 0 spiro atoms.